The number of aromatic nitrogens is 2. The predicted molar refractivity (Wildman–Crippen MR) is 105 cm³/mol. The second-order valence-corrected chi connectivity index (χ2v) is 7.14. The van der Waals surface area contributed by atoms with Gasteiger partial charge in [-0.1, -0.05) is 11.8 Å². The molecule has 2 aromatic rings. The van der Waals surface area contributed by atoms with Crippen molar-refractivity contribution in [3.05, 3.63) is 35.2 Å². The van der Waals surface area contributed by atoms with Gasteiger partial charge in [-0.25, -0.2) is 9.97 Å². The molecule has 8 heteroatoms. The number of nitrogens with one attached hydrogen (secondary N) is 2. The Bertz CT molecular complexity index is 878. The summed E-state index contributed by atoms with van der Waals surface area (Å²) in [4.78, 5) is 32.9. The molecule has 2 amide bonds. The number of fused-ring (bicyclic) bond motifs is 1. The smallest absolute Gasteiger partial charge is 0.265 e. The summed E-state index contributed by atoms with van der Waals surface area (Å²) in [6, 6.07) is 5.20. The highest BCUT2D eigenvalue weighted by Crippen LogP contribution is 2.32. The van der Waals surface area contributed by atoms with Crippen LogP contribution in [0.15, 0.2) is 23.4 Å². The average Bonchev–Trinajstić information content (AvgIpc) is 2.62. The molecule has 0 radical (unpaired) electrons. The molecule has 0 bridgehead atoms. The van der Waals surface area contributed by atoms with Gasteiger partial charge in [-0.05, 0) is 57.2 Å². The van der Waals surface area contributed by atoms with Crippen LogP contribution in [-0.4, -0.2) is 34.1 Å². The van der Waals surface area contributed by atoms with Crippen molar-refractivity contribution < 1.29 is 14.3 Å². The molecular weight excluding hydrogens is 364 g/mol. The first-order valence-electron chi connectivity index (χ1n) is 8.67. The molecule has 7 nitrogen and oxygen atoms in total. The molecule has 0 spiro atoms. The number of hydrogen-bond donors (Lipinski definition) is 2. The first-order valence-corrected chi connectivity index (χ1v) is 9.89. The lowest BCUT2D eigenvalue weighted by atomic mass is 10.1. The maximum atomic E-state index is 12.3. The fraction of sp³-hybridized carbons (Fsp3) is 0.368. The maximum Gasteiger partial charge on any atom is 0.265 e. The largest absolute Gasteiger partial charge is 0.479 e. The van der Waals surface area contributed by atoms with Crippen LogP contribution >= 0.6 is 11.8 Å². The summed E-state index contributed by atoms with van der Waals surface area (Å²) in [6.45, 7) is 5.57. The van der Waals surface area contributed by atoms with Crippen LogP contribution in [0.3, 0.4) is 0 Å². The predicted octanol–water partition coefficient (Wildman–Crippen LogP) is 3.11. The molecule has 0 fully saturated rings. The van der Waals surface area contributed by atoms with E-state index in [4.69, 9.17) is 4.74 Å². The normalized spacial score (nSPS) is 15.6. The Morgan fingerprint density at radius 3 is 2.67 bits per heavy atom. The van der Waals surface area contributed by atoms with Crippen LogP contribution in [0.1, 0.15) is 30.3 Å². The zero-order valence-corrected chi connectivity index (χ0v) is 16.6. The Morgan fingerprint density at radius 2 is 2.00 bits per heavy atom. The summed E-state index contributed by atoms with van der Waals surface area (Å²) >= 11 is 1.50. The zero-order chi connectivity index (χ0) is 19.6. The molecule has 0 saturated carbocycles. The van der Waals surface area contributed by atoms with Crippen LogP contribution in [0.25, 0.3) is 0 Å². The van der Waals surface area contributed by atoms with Gasteiger partial charge in [-0.2, -0.15) is 0 Å². The highest BCUT2D eigenvalue weighted by atomic mass is 32.2. The van der Waals surface area contributed by atoms with Crippen molar-refractivity contribution in [1.82, 2.24) is 9.97 Å². The van der Waals surface area contributed by atoms with E-state index in [9.17, 15) is 9.59 Å². The van der Waals surface area contributed by atoms with Gasteiger partial charge >= 0.3 is 0 Å². The number of benzene rings is 1. The van der Waals surface area contributed by atoms with Crippen LogP contribution in [0, 0.1) is 13.8 Å². The van der Waals surface area contributed by atoms with Crippen molar-refractivity contribution >= 4 is 35.0 Å². The molecule has 1 aromatic carbocycles. The number of carbonyl (C=O) groups excluding carboxylic acids is 2. The Kier molecular flexibility index (Phi) is 5.65. The minimum absolute atomic E-state index is 0.112. The number of nitrogens with zero attached hydrogens (tertiary/aromatic N) is 2. The van der Waals surface area contributed by atoms with Crippen molar-refractivity contribution in [2.24, 2.45) is 0 Å². The molecular formula is C19H22N4O3S. The third kappa shape index (κ3) is 4.39. The van der Waals surface area contributed by atoms with Crippen molar-refractivity contribution in [1.29, 1.82) is 0 Å². The highest BCUT2D eigenvalue weighted by molar-refractivity contribution is 7.98. The topological polar surface area (TPSA) is 93.2 Å². The van der Waals surface area contributed by atoms with Crippen LogP contribution in [0.5, 0.6) is 5.75 Å². The molecule has 1 aliphatic rings. The Labute approximate surface area is 162 Å². The lowest BCUT2D eigenvalue weighted by Crippen LogP contribution is -2.34. The quantitative estimate of drug-likeness (QED) is 0.606. The van der Waals surface area contributed by atoms with E-state index < -0.39 is 6.10 Å². The molecule has 0 unspecified atom stereocenters. The Balaban J connectivity index is 1.64. The van der Waals surface area contributed by atoms with E-state index in [1.165, 1.54) is 11.8 Å². The van der Waals surface area contributed by atoms with Crippen LogP contribution < -0.4 is 15.4 Å². The minimum Gasteiger partial charge on any atom is -0.479 e. The van der Waals surface area contributed by atoms with Gasteiger partial charge in [-0.3, -0.25) is 9.59 Å². The van der Waals surface area contributed by atoms with Gasteiger partial charge in [0.2, 0.25) is 5.91 Å². The fourth-order valence-corrected chi connectivity index (χ4v) is 3.37. The molecule has 3 rings (SSSR count). The van der Waals surface area contributed by atoms with Crippen molar-refractivity contribution in [2.45, 2.75) is 44.9 Å². The first kappa shape index (κ1) is 19.2. The summed E-state index contributed by atoms with van der Waals surface area (Å²) in [5.74, 6) is 0.280. The molecule has 1 atom stereocenters. The third-order valence-electron chi connectivity index (χ3n) is 4.38. The summed E-state index contributed by atoms with van der Waals surface area (Å²) in [7, 11) is 0. The standard InChI is InChI=1S/C19H22N4O3S/c1-10-14(11(2)21-19(20-10)27-4)6-8-17(24)22-13-5-7-16-15(9-13)23-18(25)12(3)26-16/h5,7,9,12H,6,8H2,1-4H3,(H,22,24)(H,23,25)/t12-/m1/s1. The molecule has 2 heterocycles. The summed E-state index contributed by atoms with van der Waals surface area (Å²) in [6.07, 6.45) is 2.30. The lowest BCUT2D eigenvalue weighted by molar-refractivity contribution is -0.122. The van der Waals surface area contributed by atoms with Gasteiger partial charge in [0, 0.05) is 23.5 Å². The Hall–Kier alpha value is -2.61. The average molecular weight is 386 g/mol. The van der Waals surface area contributed by atoms with E-state index in [1.807, 2.05) is 20.1 Å². The zero-order valence-electron chi connectivity index (χ0n) is 15.8. The van der Waals surface area contributed by atoms with E-state index in [0.717, 1.165) is 22.1 Å². The Morgan fingerprint density at radius 1 is 1.30 bits per heavy atom. The monoisotopic (exact) mass is 386 g/mol. The molecule has 2 N–H and O–H groups in total. The van der Waals surface area contributed by atoms with Gasteiger partial charge in [0.25, 0.3) is 5.91 Å². The third-order valence-corrected chi connectivity index (χ3v) is 4.93. The van der Waals surface area contributed by atoms with E-state index in [0.29, 0.717) is 30.0 Å². The number of hydrogen-bond acceptors (Lipinski definition) is 6. The number of aryl methyl sites for hydroxylation is 2. The molecule has 27 heavy (non-hydrogen) atoms. The molecule has 1 aliphatic heterocycles. The van der Waals surface area contributed by atoms with Gasteiger partial charge in [-0.15, -0.1) is 0 Å². The van der Waals surface area contributed by atoms with Crippen LogP contribution in [-0.2, 0) is 16.0 Å². The van der Waals surface area contributed by atoms with Crippen molar-refractivity contribution in [2.75, 3.05) is 16.9 Å². The van der Waals surface area contributed by atoms with Gasteiger partial charge in [0.1, 0.15) is 5.75 Å². The van der Waals surface area contributed by atoms with Crippen molar-refractivity contribution in [3.63, 3.8) is 0 Å². The van der Waals surface area contributed by atoms with Crippen LogP contribution in [0.2, 0.25) is 0 Å². The summed E-state index contributed by atoms with van der Waals surface area (Å²) < 4.78 is 5.51. The van der Waals surface area contributed by atoms with E-state index in [-0.39, 0.29) is 11.8 Å². The number of rotatable bonds is 5. The number of amides is 2. The second-order valence-electron chi connectivity index (χ2n) is 6.37. The molecule has 0 saturated heterocycles. The lowest BCUT2D eigenvalue weighted by Gasteiger charge is -2.23. The number of thioether (sulfide) groups is 1. The number of anilines is 2. The summed E-state index contributed by atoms with van der Waals surface area (Å²) in [5.41, 5.74) is 3.98. The van der Waals surface area contributed by atoms with Crippen LogP contribution in [0.4, 0.5) is 11.4 Å². The SMILES string of the molecule is CSc1nc(C)c(CCC(=O)Nc2ccc3c(c2)NC(=O)[C@@H](C)O3)c(C)n1. The molecule has 0 aliphatic carbocycles. The van der Waals surface area contributed by atoms with Crippen molar-refractivity contribution in [3.8, 4) is 5.75 Å². The van der Waals surface area contributed by atoms with Gasteiger partial charge < -0.3 is 15.4 Å². The summed E-state index contributed by atoms with van der Waals surface area (Å²) in [5, 5.41) is 6.37. The van der Waals surface area contributed by atoms with E-state index >= 15 is 0 Å². The molecule has 142 valence electrons. The minimum atomic E-state index is -0.524. The molecule has 1 aromatic heterocycles. The van der Waals surface area contributed by atoms with Gasteiger partial charge in [0.15, 0.2) is 11.3 Å². The maximum absolute atomic E-state index is 12.3. The number of ether oxygens (including phenoxy) is 1. The van der Waals surface area contributed by atoms with E-state index in [1.54, 1.807) is 25.1 Å². The first-order chi connectivity index (χ1) is 12.9. The van der Waals surface area contributed by atoms with Gasteiger partial charge in [0.05, 0.1) is 5.69 Å². The second kappa shape index (κ2) is 7.96. The van der Waals surface area contributed by atoms with E-state index in [2.05, 4.69) is 20.6 Å². The fourth-order valence-electron chi connectivity index (χ4n) is 2.91. The highest BCUT2D eigenvalue weighted by Gasteiger charge is 2.23. The number of carbonyl (C=O) groups is 2.